The summed E-state index contributed by atoms with van der Waals surface area (Å²) in [6, 6.07) is 1.78. The van der Waals surface area contributed by atoms with Gasteiger partial charge in [0.1, 0.15) is 6.61 Å². The molecule has 1 aliphatic heterocycles. The van der Waals surface area contributed by atoms with Crippen LogP contribution in [0.2, 0.25) is 0 Å². The van der Waals surface area contributed by atoms with Crippen molar-refractivity contribution in [1.82, 2.24) is 0 Å². The van der Waals surface area contributed by atoms with Crippen LogP contribution >= 0.6 is 67.8 Å². The minimum absolute atomic E-state index is 0.0422. The Kier molecular flexibility index (Phi) is 5.28. The van der Waals surface area contributed by atoms with Crippen molar-refractivity contribution in [1.29, 1.82) is 0 Å². The summed E-state index contributed by atoms with van der Waals surface area (Å²) < 4.78 is 7.23. The van der Waals surface area contributed by atoms with E-state index in [4.69, 9.17) is 4.74 Å². The number of morpholine rings is 1. The van der Waals surface area contributed by atoms with E-state index in [1.165, 1.54) is 0 Å². The first-order chi connectivity index (χ1) is 8.93. The molecule has 0 aromatic heterocycles. The molecule has 0 unspecified atom stereocenters. The van der Waals surface area contributed by atoms with Gasteiger partial charge in [0.2, 0.25) is 0 Å². The number of ether oxygens (including phenoxy) is 1. The number of amides is 1. The number of hydrogen-bond donors (Lipinski definition) is 1. The molecule has 1 heterocycles. The highest BCUT2D eigenvalue weighted by atomic mass is 127. The van der Waals surface area contributed by atoms with E-state index in [1.54, 1.807) is 11.0 Å². The molecule has 102 valence electrons. The van der Waals surface area contributed by atoms with Gasteiger partial charge in [0, 0.05) is 13.7 Å². The second-order valence-corrected chi connectivity index (χ2v) is 7.18. The van der Waals surface area contributed by atoms with E-state index in [9.17, 15) is 14.7 Å². The molecule has 1 aliphatic rings. The van der Waals surface area contributed by atoms with Crippen LogP contribution in [0.5, 0.6) is 0 Å². The molecule has 0 spiro atoms. The van der Waals surface area contributed by atoms with Gasteiger partial charge in [-0.1, -0.05) is 0 Å². The van der Waals surface area contributed by atoms with Crippen LogP contribution in [-0.2, 0) is 9.53 Å². The Labute approximate surface area is 150 Å². The Hall–Kier alpha value is 0.310. The number of anilines is 1. The number of nitrogens with zero attached hydrogens (tertiary/aromatic N) is 1. The Bertz CT molecular complexity index is 561. The molecule has 1 aromatic carbocycles. The molecule has 1 saturated heterocycles. The average Bonchev–Trinajstić information content (AvgIpc) is 2.30. The summed E-state index contributed by atoms with van der Waals surface area (Å²) in [5, 5.41) is 9.29. The lowest BCUT2D eigenvalue weighted by molar-refractivity contribution is -0.125. The molecule has 5 nitrogen and oxygen atoms in total. The van der Waals surface area contributed by atoms with E-state index in [1.807, 2.05) is 45.2 Å². The number of rotatable bonds is 2. The van der Waals surface area contributed by atoms with Gasteiger partial charge in [-0.3, -0.25) is 4.79 Å². The van der Waals surface area contributed by atoms with Crippen molar-refractivity contribution in [3.8, 4) is 0 Å². The van der Waals surface area contributed by atoms with Crippen LogP contribution in [0.25, 0.3) is 0 Å². The monoisotopic (exact) mass is 599 g/mol. The fourth-order valence-corrected chi connectivity index (χ4v) is 6.19. The third-order valence-electron chi connectivity index (χ3n) is 2.62. The standard InChI is InChI=1S/C11H8I3NO4/c12-5-3-6(13)10(9(14)8(5)11(17)18)15-1-2-19-4-7(15)16/h3H,1-2,4H2,(H,17,18). The zero-order valence-electron chi connectivity index (χ0n) is 9.45. The Morgan fingerprint density at radius 2 is 2.00 bits per heavy atom. The maximum atomic E-state index is 11.9. The van der Waals surface area contributed by atoms with Crippen LogP contribution in [0.15, 0.2) is 6.07 Å². The van der Waals surface area contributed by atoms with Crippen LogP contribution in [0.3, 0.4) is 0 Å². The summed E-state index contributed by atoms with van der Waals surface area (Å²) in [5.74, 6) is -1.12. The van der Waals surface area contributed by atoms with E-state index in [0.29, 0.717) is 26.0 Å². The van der Waals surface area contributed by atoms with Crippen molar-refractivity contribution in [2.75, 3.05) is 24.7 Å². The minimum atomic E-state index is -0.979. The third-order valence-corrected chi connectivity index (χ3v) is 5.34. The smallest absolute Gasteiger partial charge is 0.337 e. The molecule has 1 amide bonds. The highest BCUT2D eigenvalue weighted by Gasteiger charge is 2.28. The SMILES string of the molecule is O=C(O)c1c(I)cc(I)c(N2CCOCC2=O)c1I. The lowest BCUT2D eigenvalue weighted by atomic mass is 10.2. The van der Waals surface area contributed by atoms with E-state index < -0.39 is 5.97 Å². The number of carbonyl (C=O) groups is 2. The maximum Gasteiger partial charge on any atom is 0.337 e. The van der Waals surface area contributed by atoms with E-state index in [0.717, 1.165) is 3.57 Å². The lowest BCUT2D eigenvalue weighted by Gasteiger charge is -2.29. The maximum absolute atomic E-state index is 11.9. The molecule has 0 saturated carbocycles. The van der Waals surface area contributed by atoms with E-state index in [2.05, 4.69) is 22.6 Å². The number of carbonyl (C=O) groups excluding carboxylic acids is 1. The molecule has 0 radical (unpaired) electrons. The van der Waals surface area contributed by atoms with Crippen molar-refractivity contribution >= 4 is 85.3 Å². The van der Waals surface area contributed by atoms with Gasteiger partial charge in [0.05, 0.1) is 21.4 Å². The predicted molar refractivity (Wildman–Crippen MR) is 94.7 cm³/mol. The Balaban J connectivity index is 2.59. The number of carboxylic acids is 1. The molecule has 2 rings (SSSR count). The molecular formula is C11H8I3NO4. The molecule has 1 N–H and O–H groups in total. The van der Waals surface area contributed by atoms with Crippen LogP contribution in [0.4, 0.5) is 5.69 Å². The fourth-order valence-electron chi connectivity index (χ4n) is 1.78. The van der Waals surface area contributed by atoms with Gasteiger partial charge in [-0.25, -0.2) is 4.79 Å². The van der Waals surface area contributed by atoms with Crippen LogP contribution in [0, 0.1) is 10.7 Å². The number of carboxylic acid groups (broad SMARTS) is 1. The Morgan fingerprint density at radius 3 is 2.58 bits per heavy atom. The minimum Gasteiger partial charge on any atom is -0.478 e. The summed E-state index contributed by atoms with van der Waals surface area (Å²) in [4.78, 5) is 24.8. The number of aromatic carboxylic acids is 1. The van der Waals surface area contributed by atoms with Crippen molar-refractivity contribution in [3.63, 3.8) is 0 Å². The van der Waals surface area contributed by atoms with E-state index in [-0.39, 0.29) is 18.1 Å². The summed E-state index contributed by atoms with van der Waals surface area (Å²) in [5.41, 5.74) is 0.920. The highest BCUT2D eigenvalue weighted by molar-refractivity contribution is 14.1. The number of hydrogen-bond acceptors (Lipinski definition) is 3. The zero-order chi connectivity index (χ0) is 14.2. The predicted octanol–water partition coefficient (Wildman–Crippen LogP) is 2.56. The van der Waals surface area contributed by atoms with Crippen molar-refractivity contribution < 1.29 is 19.4 Å². The fraction of sp³-hybridized carbons (Fsp3) is 0.273. The summed E-state index contributed by atoms with van der Waals surface area (Å²) >= 11 is 6.12. The van der Waals surface area contributed by atoms with Gasteiger partial charge in [0.25, 0.3) is 5.91 Å². The van der Waals surface area contributed by atoms with Crippen molar-refractivity contribution in [3.05, 3.63) is 22.3 Å². The van der Waals surface area contributed by atoms with Crippen molar-refractivity contribution in [2.24, 2.45) is 0 Å². The topological polar surface area (TPSA) is 66.8 Å². The number of benzene rings is 1. The molecule has 19 heavy (non-hydrogen) atoms. The quantitative estimate of drug-likeness (QED) is 0.532. The molecular weight excluding hydrogens is 591 g/mol. The van der Waals surface area contributed by atoms with Gasteiger partial charge in [-0.15, -0.1) is 0 Å². The first-order valence-electron chi connectivity index (χ1n) is 5.22. The van der Waals surface area contributed by atoms with Gasteiger partial charge in [-0.2, -0.15) is 0 Å². The zero-order valence-corrected chi connectivity index (χ0v) is 15.9. The largest absolute Gasteiger partial charge is 0.478 e. The average molecular weight is 599 g/mol. The van der Waals surface area contributed by atoms with Crippen LogP contribution in [0.1, 0.15) is 10.4 Å². The van der Waals surface area contributed by atoms with Gasteiger partial charge < -0.3 is 14.7 Å². The molecule has 0 atom stereocenters. The van der Waals surface area contributed by atoms with Gasteiger partial charge in [-0.05, 0) is 73.8 Å². The normalized spacial score (nSPS) is 15.7. The third kappa shape index (κ3) is 3.15. The summed E-state index contributed by atoms with van der Waals surface area (Å²) in [7, 11) is 0. The van der Waals surface area contributed by atoms with Crippen LogP contribution < -0.4 is 4.90 Å². The van der Waals surface area contributed by atoms with Gasteiger partial charge >= 0.3 is 5.97 Å². The number of halogens is 3. The first-order valence-corrected chi connectivity index (χ1v) is 8.46. The van der Waals surface area contributed by atoms with Crippen molar-refractivity contribution in [2.45, 2.75) is 0 Å². The van der Waals surface area contributed by atoms with Gasteiger partial charge in [0.15, 0.2) is 0 Å². The molecule has 1 aromatic rings. The second kappa shape index (κ2) is 6.39. The second-order valence-electron chi connectivity index (χ2n) is 3.78. The first kappa shape index (κ1) is 15.7. The molecule has 0 aliphatic carbocycles. The van der Waals surface area contributed by atoms with Crippen LogP contribution in [-0.4, -0.2) is 36.7 Å². The van der Waals surface area contributed by atoms with E-state index >= 15 is 0 Å². The summed E-state index contributed by atoms with van der Waals surface area (Å²) in [6.45, 7) is 0.956. The molecule has 8 heteroatoms. The lowest BCUT2D eigenvalue weighted by Crippen LogP contribution is -2.42. The summed E-state index contributed by atoms with van der Waals surface area (Å²) in [6.07, 6.45) is 0. The molecule has 0 bridgehead atoms. The Morgan fingerprint density at radius 1 is 1.32 bits per heavy atom. The highest BCUT2D eigenvalue weighted by Crippen LogP contribution is 2.35. The molecule has 1 fully saturated rings.